The summed E-state index contributed by atoms with van der Waals surface area (Å²) in [6.07, 6.45) is -0.0714. The Kier molecular flexibility index (Phi) is 6.11. The Morgan fingerprint density at radius 2 is 2.00 bits per heavy atom. The minimum atomic E-state index is -4.45. The molecule has 0 saturated carbocycles. The number of halogens is 3. The highest BCUT2D eigenvalue weighted by molar-refractivity contribution is 5.98. The number of benzene rings is 1. The van der Waals surface area contributed by atoms with Crippen LogP contribution in [-0.4, -0.2) is 45.3 Å². The van der Waals surface area contributed by atoms with Crippen LogP contribution in [0.25, 0.3) is 33.4 Å². The molecule has 3 aromatic heterocycles. The van der Waals surface area contributed by atoms with Crippen LogP contribution in [0, 0.1) is 0 Å². The van der Waals surface area contributed by atoms with Gasteiger partial charge in [0.1, 0.15) is 5.75 Å². The summed E-state index contributed by atoms with van der Waals surface area (Å²) in [5.74, 6) is 0.234. The Morgan fingerprint density at radius 1 is 1.15 bits per heavy atom. The molecule has 4 rings (SSSR count). The number of H-pyrrole nitrogens is 1. The molecule has 3 heterocycles. The molecule has 0 spiro atoms. The van der Waals surface area contributed by atoms with E-state index in [4.69, 9.17) is 4.74 Å². The zero-order chi connectivity index (χ0) is 23.4. The van der Waals surface area contributed by atoms with Gasteiger partial charge in [0.25, 0.3) is 0 Å². The van der Waals surface area contributed by atoms with Gasteiger partial charge in [-0.05, 0) is 42.8 Å². The Balaban J connectivity index is 1.77. The van der Waals surface area contributed by atoms with Crippen molar-refractivity contribution in [2.24, 2.45) is 0 Å². The second-order valence-corrected chi connectivity index (χ2v) is 7.02. The Labute approximate surface area is 186 Å². The van der Waals surface area contributed by atoms with Gasteiger partial charge in [0.05, 0.1) is 22.9 Å². The third-order valence-corrected chi connectivity index (χ3v) is 4.55. The molecule has 0 radical (unpaired) electrons. The molecule has 0 aliphatic heterocycles. The average molecular weight is 456 g/mol. The first-order chi connectivity index (χ1) is 15.8. The molecule has 8 nitrogen and oxygen atoms in total. The van der Waals surface area contributed by atoms with Crippen LogP contribution in [-0.2, 0) is 0 Å². The molecule has 4 aromatic rings. The van der Waals surface area contributed by atoms with Crippen molar-refractivity contribution in [2.45, 2.75) is 13.1 Å². The predicted octanol–water partition coefficient (Wildman–Crippen LogP) is 4.77. The van der Waals surface area contributed by atoms with Gasteiger partial charge in [0.2, 0.25) is 5.95 Å². The quantitative estimate of drug-likeness (QED) is 0.388. The molecular formula is C22H19F3N6O2. The number of aromatic amines is 1. The van der Waals surface area contributed by atoms with Gasteiger partial charge in [0, 0.05) is 30.1 Å². The second-order valence-electron chi connectivity index (χ2n) is 7.02. The van der Waals surface area contributed by atoms with Gasteiger partial charge >= 0.3 is 12.2 Å². The average Bonchev–Trinajstić information content (AvgIpc) is 3.19. The van der Waals surface area contributed by atoms with Crippen molar-refractivity contribution in [1.82, 2.24) is 25.3 Å². The maximum atomic E-state index is 12.5. The molecular weight excluding hydrogens is 437 g/mol. The van der Waals surface area contributed by atoms with E-state index >= 15 is 0 Å². The maximum Gasteiger partial charge on any atom is 0.422 e. The molecule has 11 heteroatoms. The summed E-state index contributed by atoms with van der Waals surface area (Å²) in [5, 5.41) is 5.26. The molecule has 3 N–H and O–H groups in total. The van der Waals surface area contributed by atoms with Crippen molar-refractivity contribution in [3.63, 3.8) is 0 Å². The van der Waals surface area contributed by atoms with Crippen LogP contribution in [0.4, 0.5) is 23.9 Å². The number of carbonyl (C=O) groups is 1. The summed E-state index contributed by atoms with van der Waals surface area (Å²) in [5.41, 5.74) is 3.67. The van der Waals surface area contributed by atoms with E-state index in [1.54, 1.807) is 25.3 Å². The first-order valence-electron chi connectivity index (χ1n) is 9.97. The van der Waals surface area contributed by atoms with E-state index in [2.05, 4.69) is 30.6 Å². The fraction of sp³-hybridized carbons (Fsp3) is 0.182. The van der Waals surface area contributed by atoms with Crippen LogP contribution >= 0.6 is 0 Å². The van der Waals surface area contributed by atoms with Gasteiger partial charge in [-0.1, -0.05) is 6.07 Å². The third kappa shape index (κ3) is 5.37. The SMILES string of the molecule is CCNC(=O)Nc1nc2c(-c3ccccn3)cc(-c3cncc(OCC(F)(F)F)c3)cc2[nH]1. The molecule has 0 saturated heterocycles. The molecule has 170 valence electrons. The normalized spacial score (nSPS) is 11.4. The van der Waals surface area contributed by atoms with Crippen LogP contribution < -0.4 is 15.4 Å². The number of hydrogen-bond acceptors (Lipinski definition) is 5. The number of carbonyl (C=O) groups excluding carboxylic acids is 1. The number of rotatable bonds is 6. The summed E-state index contributed by atoms with van der Waals surface area (Å²) in [6.45, 7) is 0.838. The van der Waals surface area contributed by atoms with Crippen molar-refractivity contribution in [1.29, 1.82) is 0 Å². The first-order valence-corrected chi connectivity index (χ1v) is 9.97. The number of urea groups is 1. The van der Waals surface area contributed by atoms with Gasteiger partial charge < -0.3 is 15.0 Å². The van der Waals surface area contributed by atoms with E-state index in [-0.39, 0.29) is 11.7 Å². The Bertz CT molecular complexity index is 1270. The van der Waals surface area contributed by atoms with E-state index in [9.17, 15) is 18.0 Å². The molecule has 2 amide bonds. The number of hydrogen-bond donors (Lipinski definition) is 3. The van der Waals surface area contributed by atoms with E-state index in [1.807, 2.05) is 18.2 Å². The Hall–Kier alpha value is -4.15. The second kappa shape index (κ2) is 9.15. The summed E-state index contributed by atoms with van der Waals surface area (Å²) in [4.78, 5) is 27.8. The van der Waals surface area contributed by atoms with Crippen molar-refractivity contribution in [3.8, 4) is 28.1 Å². The number of alkyl halides is 3. The molecule has 0 fully saturated rings. The summed E-state index contributed by atoms with van der Waals surface area (Å²) < 4.78 is 42.4. The highest BCUT2D eigenvalue weighted by Crippen LogP contribution is 2.34. The lowest BCUT2D eigenvalue weighted by molar-refractivity contribution is -0.153. The highest BCUT2D eigenvalue weighted by Gasteiger charge is 2.28. The molecule has 0 unspecified atom stereocenters. The summed E-state index contributed by atoms with van der Waals surface area (Å²) in [7, 11) is 0. The number of nitrogens with one attached hydrogen (secondary N) is 3. The van der Waals surface area contributed by atoms with Crippen molar-refractivity contribution in [3.05, 3.63) is 55.0 Å². The van der Waals surface area contributed by atoms with Gasteiger partial charge in [-0.2, -0.15) is 13.2 Å². The van der Waals surface area contributed by atoms with Crippen LogP contribution in [0.5, 0.6) is 5.75 Å². The van der Waals surface area contributed by atoms with Crippen molar-refractivity contribution < 1.29 is 22.7 Å². The fourth-order valence-electron chi connectivity index (χ4n) is 3.19. The number of amides is 2. The minimum absolute atomic E-state index is 0.00693. The zero-order valence-corrected chi connectivity index (χ0v) is 17.4. The standard InChI is InChI=1S/C22H19F3N6O2/c1-2-27-21(32)31-20-29-18-9-13(8-16(19(18)30-20)17-5-3-4-6-28-17)14-7-15(11-26-10-14)33-12-22(23,24)25/h3-11H,2,12H2,1H3,(H3,27,29,30,31,32). The maximum absolute atomic E-state index is 12.5. The minimum Gasteiger partial charge on any atom is -0.482 e. The van der Waals surface area contributed by atoms with E-state index in [0.717, 1.165) is 0 Å². The lowest BCUT2D eigenvalue weighted by Gasteiger charge is -2.11. The molecule has 0 aliphatic carbocycles. The lowest BCUT2D eigenvalue weighted by atomic mass is 10.0. The third-order valence-electron chi connectivity index (χ3n) is 4.55. The van der Waals surface area contributed by atoms with E-state index in [0.29, 0.717) is 40.0 Å². The number of anilines is 1. The van der Waals surface area contributed by atoms with Gasteiger partial charge in [0.15, 0.2) is 6.61 Å². The van der Waals surface area contributed by atoms with Crippen molar-refractivity contribution >= 4 is 23.0 Å². The fourth-order valence-corrected chi connectivity index (χ4v) is 3.19. The molecule has 0 atom stereocenters. The Morgan fingerprint density at radius 3 is 2.73 bits per heavy atom. The number of imidazole rings is 1. The van der Waals surface area contributed by atoms with E-state index in [1.165, 1.54) is 18.5 Å². The van der Waals surface area contributed by atoms with Crippen LogP contribution in [0.15, 0.2) is 55.0 Å². The van der Waals surface area contributed by atoms with Gasteiger partial charge in [-0.25, -0.2) is 9.78 Å². The number of nitrogens with zero attached hydrogens (tertiary/aromatic N) is 3. The lowest BCUT2D eigenvalue weighted by Crippen LogP contribution is -2.28. The van der Waals surface area contributed by atoms with Crippen LogP contribution in [0.3, 0.4) is 0 Å². The van der Waals surface area contributed by atoms with Crippen LogP contribution in [0.1, 0.15) is 6.92 Å². The topological polar surface area (TPSA) is 105 Å². The number of fused-ring (bicyclic) bond motifs is 1. The summed E-state index contributed by atoms with van der Waals surface area (Å²) in [6, 6.07) is 10.1. The van der Waals surface area contributed by atoms with Crippen molar-refractivity contribution in [2.75, 3.05) is 18.5 Å². The van der Waals surface area contributed by atoms with Gasteiger partial charge in [-0.15, -0.1) is 0 Å². The summed E-state index contributed by atoms with van der Waals surface area (Å²) >= 11 is 0. The molecule has 0 bridgehead atoms. The molecule has 33 heavy (non-hydrogen) atoms. The van der Waals surface area contributed by atoms with E-state index < -0.39 is 18.8 Å². The van der Waals surface area contributed by atoms with Crippen LogP contribution in [0.2, 0.25) is 0 Å². The predicted molar refractivity (Wildman–Crippen MR) is 117 cm³/mol. The molecule has 0 aliphatic rings. The number of aromatic nitrogens is 4. The smallest absolute Gasteiger partial charge is 0.422 e. The largest absolute Gasteiger partial charge is 0.482 e. The van der Waals surface area contributed by atoms with Gasteiger partial charge in [-0.3, -0.25) is 15.3 Å². The molecule has 1 aromatic carbocycles. The number of pyridine rings is 2. The number of ether oxygens (including phenoxy) is 1. The zero-order valence-electron chi connectivity index (χ0n) is 17.4. The highest BCUT2D eigenvalue weighted by atomic mass is 19.4. The first kappa shape index (κ1) is 22.1. The monoisotopic (exact) mass is 456 g/mol.